The zero-order chi connectivity index (χ0) is 8.69. The molecule has 0 fully saturated rings. The van der Waals surface area contributed by atoms with E-state index in [-0.39, 0.29) is 0 Å². The van der Waals surface area contributed by atoms with Crippen molar-refractivity contribution in [2.24, 2.45) is 10.7 Å². The van der Waals surface area contributed by atoms with E-state index < -0.39 is 0 Å². The SMILES string of the molecule is CN=C(N)N(C)CCCOC. The van der Waals surface area contributed by atoms with Crippen molar-refractivity contribution in [1.82, 2.24) is 4.90 Å². The normalized spacial score (nSPS) is 11.7. The minimum Gasteiger partial charge on any atom is -0.385 e. The molecule has 0 unspecified atom stereocenters. The lowest BCUT2D eigenvalue weighted by molar-refractivity contribution is 0.188. The fraction of sp³-hybridized carbons (Fsp3) is 0.857. The van der Waals surface area contributed by atoms with Gasteiger partial charge in [-0.1, -0.05) is 0 Å². The number of methoxy groups -OCH3 is 1. The van der Waals surface area contributed by atoms with Crippen molar-refractivity contribution in [2.75, 3.05) is 34.4 Å². The first-order valence-corrected chi connectivity index (χ1v) is 3.64. The molecular formula is C7H17N3O. The van der Waals surface area contributed by atoms with Gasteiger partial charge in [0.2, 0.25) is 0 Å². The maximum Gasteiger partial charge on any atom is 0.190 e. The number of aliphatic imine (C=N–C) groups is 1. The summed E-state index contributed by atoms with van der Waals surface area (Å²) < 4.78 is 4.90. The van der Waals surface area contributed by atoms with Gasteiger partial charge >= 0.3 is 0 Å². The molecule has 4 heteroatoms. The molecule has 0 aromatic carbocycles. The molecular weight excluding hydrogens is 142 g/mol. The summed E-state index contributed by atoms with van der Waals surface area (Å²) in [5, 5.41) is 0. The van der Waals surface area contributed by atoms with Gasteiger partial charge in [0.25, 0.3) is 0 Å². The lowest BCUT2D eigenvalue weighted by atomic mass is 10.4. The molecule has 11 heavy (non-hydrogen) atoms. The molecule has 0 rings (SSSR count). The molecule has 0 aliphatic rings. The molecule has 66 valence electrons. The van der Waals surface area contributed by atoms with E-state index in [9.17, 15) is 0 Å². The fourth-order valence-corrected chi connectivity index (χ4v) is 0.731. The first kappa shape index (κ1) is 10.2. The molecule has 0 atom stereocenters. The van der Waals surface area contributed by atoms with E-state index in [1.807, 2.05) is 11.9 Å². The van der Waals surface area contributed by atoms with Crippen LogP contribution in [0.1, 0.15) is 6.42 Å². The average molecular weight is 159 g/mol. The zero-order valence-electron chi connectivity index (χ0n) is 7.50. The molecule has 2 N–H and O–H groups in total. The van der Waals surface area contributed by atoms with E-state index in [0.717, 1.165) is 19.6 Å². The molecule has 0 radical (unpaired) electrons. The predicted octanol–water partition coefficient (Wildman–Crippen LogP) is -0.101. The molecule has 0 aliphatic heterocycles. The lowest BCUT2D eigenvalue weighted by Crippen LogP contribution is -2.34. The smallest absolute Gasteiger partial charge is 0.190 e. The molecule has 0 aromatic heterocycles. The summed E-state index contributed by atoms with van der Waals surface area (Å²) in [4.78, 5) is 5.75. The van der Waals surface area contributed by atoms with Crippen molar-refractivity contribution >= 4 is 5.96 Å². The van der Waals surface area contributed by atoms with Gasteiger partial charge in [-0.3, -0.25) is 4.99 Å². The van der Waals surface area contributed by atoms with Crippen LogP contribution in [-0.2, 0) is 4.74 Å². The number of rotatable bonds is 4. The lowest BCUT2D eigenvalue weighted by Gasteiger charge is -2.16. The van der Waals surface area contributed by atoms with Gasteiger partial charge in [-0.2, -0.15) is 0 Å². The number of nitrogens with two attached hydrogens (primary N) is 1. The van der Waals surface area contributed by atoms with Crippen LogP contribution in [0, 0.1) is 0 Å². The van der Waals surface area contributed by atoms with E-state index >= 15 is 0 Å². The fourth-order valence-electron chi connectivity index (χ4n) is 0.731. The van der Waals surface area contributed by atoms with Crippen molar-refractivity contribution in [3.63, 3.8) is 0 Å². The summed E-state index contributed by atoms with van der Waals surface area (Å²) in [5.41, 5.74) is 5.53. The Balaban J connectivity index is 3.44. The highest BCUT2D eigenvalue weighted by Gasteiger charge is 1.98. The molecule has 0 aromatic rings. The average Bonchev–Trinajstić information content (AvgIpc) is 2.03. The maximum absolute atomic E-state index is 5.53. The second-order valence-electron chi connectivity index (χ2n) is 2.35. The maximum atomic E-state index is 5.53. The van der Waals surface area contributed by atoms with Gasteiger partial charge in [-0.05, 0) is 6.42 Å². The van der Waals surface area contributed by atoms with Gasteiger partial charge in [0.05, 0.1) is 0 Å². The molecule has 0 saturated carbocycles. The van der Waals surface area contributed by atoms with Crippen LogP contribution in [0.3, 0.4) is 0 Å². The summed E-state index contributed by atoms with van der Waals surface area (Å²) in [5.74, 6) is 0.570. The van der Waals surface area contributed by atoms with Crippen molar-refractivity contribution in [1.29, 1.82) is 0 Å². The largest absolute Gasteiger partial charge is 0.385 e. The summed E-state index contributed by atoms with van der Waals surface area (Å²) in [7, 11) is 5.29. The molecule has 0 heterocycles. The van der Waals surface area contributed by atoms with Crippen LogP contribution >= 0.6 is 0 Å². The Bertz CT molecular complexity index is 125. The first-order valence-electron chi connectivity index (χ1n) is 3.64. The summed E-state index contributed by atoms with van der Waals surface area (Å²) >= 11 is 0. The summed E-state index contributed by atoms with van der Waals surface area (Å²) in [6.07, 6.45) is 0.975. The van der Waals surface area contributed by atoms with Crippen LogP contribution in [0.2, 0.25) is 0 Å². The highest BCUT2D eigenvalue weighted by atomic mass is 16.5. The van der Waals surface area contributed by atoms with Gasteiger partial charge in [0, 0.05) is 34.4 Å². The number of hydrogen-bond donors (Lipinski definition) is 1. The number of hydrogen-bond acceptors (Lipinski definition) is 2. The van der Waals surface area contributed by atoms with Crippen molar-refractivity contribution < 1.29 is 4.74 Å². The highest BCUT2D eigenvalue weighted by Crippen LogP contribution is 1.86. The Kier molecular flexibility index (Phi) is 5.56. The third-order valence-corrected chi connectivity index (χ3v) is 1.46. The van der Waals surface area contributed by atoms with Crippen LogP contribution in [-0.4, -0.2) is 45.2 Å². The third-order valence-electron chi connectivity index (χ3n) is 1.46. The van der Waals surface area contributed by atoms with Crippen molar-refractivity contribution in [3.05, 3.63) is 0 Å². The minimum atomic E-state index is 0.570. The third kappa shape index (κ3) is 4.61. The number of nitrogens with zero attached hydrogens (tertiary/aromatic N) is 2. The van der Waals surface area contributed by atoms with Crippen LogP contribution in [0.5, 0.6) is 0 Å². The van der Waals surface area contributed by atoms with Gasteiger partial charge in [-0.15, -0.1) is 0 Å². The Morgan fingerprint density at radius 2 is 2.27 bits per heavy atom. The van der Waals surface area contributed by atoms with Crippen LogP contribution in [0.25, 0.3) is 0 Å². The van der Waals surface area contributed by atoms with Crippen LogP contribution in [0.4, 0.5) is 0 Å². The summed E-state index contributed by atoms with van der Waals surface area (Å²) in [6.45, 7) is 1.65. The number of guanidine groups is 1. The molecule has 0 amide bonds. The minimum absolute atomic E-state index is 0.570. The quantitative estimate of drug-likeness (QED) is 0.354. The Labute approximate surface area is 68.0 Å². The predicted molar refractivity (Wildman–Crippen MR) is 46.7 cm³/mol. The molecule has 4 nitrogen and oxygen atoms in total. The monoisotopic (exact) mass is 159 g/mol. The second-order valence-corrected chi connectivity index (χ2v) is 2.35. The van der Waals surface area contributed by atoms with E-state index in [1.54, 1.807) is 14.2 Å². The van der Waals surface area contributed by atoms with Gasteiger partial charge in [0.15, 0.2) is 5.96 Å². The van der Waals surface area contributed by atoms with E-state index in [2.05, 4.69) is 4.99 Å². The molecule has 0 aliphatic carbocycles. The van der Waals surface area contributed by atoms with Gasteiger partial charge in [-0.25, -0.2) is 0 Å². The Hall–Kier alpha value is -0.770. The highest BCUT2D eigenvalue weighted by molar-refractivity contribution is 5.77. The summed E-state index contributed by atoms with van der Waals surface area (Å²) in [6, 6.07) is 0. The standard InChI is InChI=1S/C7H17N3O/c1-9-7(8)10(2)5-4-6-11-3/h4-6H2,1-3H3,(H2,8,9). The topological polar surface area (TPSA) is 50.8 Å². The van der Waals surface area contributed by atoms with E-state index in [0.29, 0.717) is 5.96 Å². The first-order chi connectivity index (χ1) is 5.22. The van der Waals surface area contributed by atoms with Crippen LogP contribution < -0.4 is 5.73 Å². The molecule has 0 bridgehead atoms. The Morgan fingerprint density at radius 1 is 1.64 bits per heavy atom. The van der Waals surface area contributed by atoms with E-state index in [1.165, 1.54) is 0 Å². The second kappa shape index (κ2) is 5.97. The Morgan fingerprint density at radius 3 is 2.73 bits per heavy atom. The molecule has 0 spiro atoms. The van der Waals surface area contributed by atoms with Gasteiger partial charge in [0.1, 0.15) is 0 Å². The van der Waals surface area contributed by atoms with Crippen LogP contribution in [0.15, 0.2) is 4.99 Å². The van der Waals surface area contributed by atoms with Crippen molar-refractivity contribution in [3.8, 4) is 0 Å². The van der Waals surface area contributed by atoms with Crippen molar-refractivity contribution in [2.45, 2.75) is 6.42 Å². The number of ether oxygens (including phenoxy) is 1. The zero-order valence-corrected chi connectivity index (χ0v) is 7.50. The molecule has 0 saturated heterocycles. The van der Waals surface area contributed by atoms with E-state index in [4.69, 9.17) is 10.5 Å². The van der Waals surface area contributed by atoms with Gasteiger partial charge < -0.3 is 15.4 Å².